The summed E-state index contributed by atoms with van der Waals surface area (Å²) in [6.45, 7) is 2.12. The molecule has 30 heavy (non-hydrogen) atoms. The van der Waals surface area contributed by atoms with E-state index in [9.17, 15) is 19.2 Å². The van der Waals surface area contributed by atoms with Crippen LogP contribution in [-0.2, 0) is 20.8 Å². The third-order valence-electron chi connectivity index (χ3n) is 4.34. The maximum absolute atomic E-state index is 12.7. The molecule has 2 aromatic rings. The van der Waals surface area contributed by atoms with Crippen molar-refractivity contribution in [1.29, 1.82) is 0 Å². The highest BCUT2D eigenvalue weighted by atomic mass is 32.2. The Morgan fingerprint density at radius 2 is 1.60 bits per heavy atom. The van der Waals surface area contributed by atoms with Crippen molar-refractivity contribution in [1.82, 2.24) is 4.90 Å². The summed E-state index contributed by atoms with van der Waals surface area (Å²) in [5.41, 5.74) is 2.11. The molecule has 1 heterocycles. The molecule has 0 aliphatic carbocycles. The number of ether oxygens (including phenoxy) is 2. The monoisotopic (exact) mass is 428 g/mol. The van der Waals surface area contributed by atoms with Crippen molar-refractivity contribution in [3.8, 4) is 0 Å². The molecule has 0 bridgehead atoms. The molecular formula is C21H20N2O6S. The van der Waals surface area contributed by atoms with Crippen LogP contribution >= 0.6 is 11.8 Å². The minimum absolute atomic E-state index is 0.103. The lowest BCUT2D eigenvalue weighted by Gasteiger charge is -2.15. The second kappa shape index (κ2) is 9.45. The minimum atomic E-state index is -0.764. The highest BCUT2D eigenvalue weighted by molar-refractivity contribution is 8.15. The standard InChI is InChI=1S/C21H20N2O6S/c1-3-29-20(26)15-8-10-16(11-9-15)22-17-18(24)23(21(27)30-17)12-13-4-6-14(7-5-13)19(25)28-2/h4-11,17,22H,3,12H2,1-2H3/t17-/m1/s1. The molecule has 0 spiro atoms. The normalized spacial score (nSPS) is 15.8. The maximum atomic E-state index is 12.7. The first-order valence-electron chi connectivity index (χ1n) is 9.16. The first kappa shape index (κ1) is 21.4. The Balaban J connectivity index is 1.63. The van der Waals surface area contributed by atoms with E-state index in [1.54, 1.807) is 55.5 Å². The Kier molecular flexibility index (Phi) is 6.73. The van der Waals surface area contributed by atoms with Gasteiger partial charge in [-0.15, -0.1) is 0 Å². The molecule has 1 fully saturated rings. The number of esters is 2. The van der Waals surface area contributed by atoms with Crippen LogP contribution < -0.4 is 5.32 Å². The summed E-state index contributed by atoms with van der Waals surface area (Å²) >= 11 is 0.887. The minimum Gasteiger partial charge on any atom is -0.465 e. The highest BCUT2D eigenvalue weighted by Gasteiger charge is 2.39. The van der Waals surface area contributed by atoms with E-state index in [0.29, 0.717) is 22.4 Å². The molecule has 0 unspecified atom stereocenters. The number of carbonyl (C=O) groups is 4. The summed E-state index contributed by atoms with van der Waals surface area (Å²) in [5, 5.41) is 1.88. The van der Waals surface area contributed by atoms with E-state index in [0.717, 1.165) is 16.7 Å². The van der Waals surface area contributed by atoms with E-state index in [1.807, 2.05) is 0 Å². The number of anilines is 1. The van der Waals surface area contributed by atoms with Crippen LogP contribution in [0.1, 0.15) is 33.2 Å². The predicted octanol–water partition coefficient (Wildman–Crippen LogP) is 3.28. The highest BCUT2D eigenvalue weighted by Crippen LogP contribution is 2.29. The number of amides is 2. The number of hydrogen-bond donors (Lipinski definition) is 1. The zero-order valence-electron chi connectivity index (χ0n) is 16.4. The van der Waals surface area contributed by atoms with Crippen LogP contribution in [0.5, 0.6) is 0 Å². The Morgan fingerprint density at radius 3 is 2.20 bits per heavy atom. The average Bonchev–Trinajstić information content (AvgIpc) is 3.01. The molecule has 9 heteroatoms. The molecule has 0 radical (unpaired) electrons. The van der Waals surface area contributed by atoms with E-state index < -0.39 is 17.3 Å². The number of nitrogens with one attached hydrogen (secondary N) is 1. The van der Waals surface area contributed by atoms with Gasteiger partial charge in [-0.2, -0.15) is 0 Å². The van der Waals surface area contributed by atoms with Gasteiger partial charge in [-0.05, 0) is 60.6 Å². The molecule has 0 aromatic heterocycles. The number of thioether (sulfide) groups is 1. The number of methoxy groups -OCH3 is 1. The predicted molar refractivity (Wildman–Crippen MR) is 111 cm³/mol. The summed E-state index contributed by atoms with van der Waals surface area (Å²) in [6, 6.07) is 13.0. The van der Waals surface area contributed by atoms with Gasteiger partial charge >= 0.3 is 11.9 Å². The van der Waals surface area contributed by atoms with E-state index in [-0.39, 0.29) is 24.3 Å². The van der Waals surface area contributed by atoms with E-state index in [2.05, 4.69) is 10.1 Å². The van der Waals surface area contributed by atoms with Crippen LogP contribution in [0.2, 0.25) is 0 Å². The fourth-order valence-electron chi connectivity index (χ4n) is 2.80. The summed E-state index contributed by atoms with van der Waals surface area (Å²) in [7, 11) is 1.30. The molecule has 156 valence electrons. The van der Waals surface area contributed by atoms with Crippen molar-refractivity contribution >= 4 is 40.5 Å². The Morgan fingerprint density at radius 1 is 1.00 bits per heavy atom. The van der Waals surface area contributed by atoms with Gasteiger partial charge in [-0.25, -0.2) is 9.59 Å². The smallest absolute Gasteiger partial charge is 0.338 e. The fourth-order valence-corrected chi connectivity index (χ4v) is 3.70. The van der Waals surface area contributed by atoms with Crippen LogP contribution in [0, 0.1) is 0 Å². The Labute approximate surface area is 177 Å². The van der Waals surface area contributed by atoms with Crippen molar-refractivity contribution in [2.75, 3.05) is 19.0 Å². The lowest BCUT2D eigenvalue weighted by molar-refractivity contribution is -0.126. The summed E-state index contributed by atoms with van der Waals surface area (Å²) in [4.78, 5) is 49.4. The summed E-state index contributed by atoms with van der Waals surface area (Å²) in [6.07, 6.45) is 0. The number of rotatable bonds is 7. The van der Waals surface area contributed by atoms with Gasteiger partial charge in [0, 0.05) is 5.69 Å². The van der Waals surface area contributed by atoms with Crippen LogP contribution in [0.3, 0.4) is 0 Å². The molecule has 1 aliphatic heterocycles. The van der Waals surface area contributed by atoms with E-state index >= 15 is 0 Å². The third-order valence-corrected chi connectivity index (χ3v) is 5.32. The van der Waals surface area contributed by atoms with Crippen molar-refractivity contribution in [3.05, 3.63) is 65.2 Å². The number of nitrogens with zero attached hydrogens (tertiary/aromatic N) is 1. The number of carbonyl (C=O) groups excluding carboxylic acids is 4. The van der Waals surface area contributed by atoms with Crippen molar-refractivity contribution in [2.24, 2.45) is 0 Å². The first-order valence-corrected chi connectivity index (χ1v) is 10.0. The molecule has 3 rings (SSSR count). The Hall–Kier alpha value is -3.33. The average molecular weight is 428 g/mol. The van der Waals surface area contributed by atoms with Crippen molar-refractivity contribution in [3.63, 3.8) is 0 Å². The molecule has 0 saturated carbocycles. The molecule has 8 nitrogen and oxygen atoms in total. The van der Waals surface area contributed by atoms with Crippen molar-refractivity contribution in [2.45, 2.75) is 18.8 Å². The fraction of sp³-hybridized carbons (Fsp3) is 0.238. The van der Waals surface area contributed by atoms with Crippen LogP contribution in [0.25, 0.3) is 0 Å². The van der Waals surface area contributed by atoms with E-state index in [4.69, 9.17) is 4.74 Å². The van der Waals surface area contributed by atoms with Crippen LogP contribution in [-0.4, -0.2) is 47.1 Å². The zero-order valence-corrected chi connectivity index (χ0v) is 17.2. The number of hydrogen-bond acceptors (Lipinski definition) is 8. The third kappa shape index (κ3) is 4.80. The molecular weight excluding hydrogens is 408 g/mol. The summed E-state index contributed by atoms with van der Waals surface area (Å²) < 4.78 is 9.59. The van der Waals surface area contributed by atoms with Gasteiger partial charge in [0.25, 0.3) is 11.1 Å². The zero-order chi connectivity index (χ0) is 21.7. The van der Waals surface area contributed by atoms with Gasteiger partial charge in [0.1, 0.15) is 0 Å². The van der Waals surface area contributed by atoms with Gasteiger partial charge in [-0.3, -0.25) is 14.5 Å². The quantitative estimate of drug-likeness (QED) is 0.671. The van der Waals surface area contributed by atoms with Crippen LogP contribution in [0.15, 0.2) is 48.5 Å². The van der Waals surface area contributed by atoms with Gasteiger partial charge in [0.2, 0.25) is 0 Å². The lowest BCUT2D eigenvalue weighted by atomic mass is 10.1. The van der Waals surface area contributed by atoms with Gasteiger partial charge < -0.3 is 14.8 Å². The lowest BCUT2D eigenvalue weighted by Crippen LogP contribution is -2.33. The van der Waals surface area contributed by atoms with Gasteiger partial charge in [0.15, 0.2) is 5.37 Å². The Bertz CT molecular complexity index is 958. The molecule has 1 atom stereocenters. The summed E-state index contributed by atoms with van der Waals surface area (Å²) in [5.74, 6) is -1.24. The largest absolute Gasteiger partial charge is 0.465 e. The number of benzene rings is 2. The molecule has 1 saturated heterocycles. The molecule has 1 aliphatic rings. The van der Waals surface area contributed by atoms with Crippen LogP contribution in [0.4, 0.5) is 10.5 Å². The molecule has 2 aromatic carbocycles. The van der Waals surface area contributed by atoms with E-state index in [1.165, 1.54) is 7.11 Å². The maximum Gasteiger partial charge on any atom is 0.338 e. The SMILES string of the molecule is CCOC(=O)c1ccc(N[C@@H]2SC(=O)N(Cc3ccc(C(=O)OC)cc3)C2=O)cc1. The number of imide groups is 1. The molecule has 2 amide bonds. The van der Waals surface area contributed by atoms with Gasteiger partial charge in [-0.1, -0.05) is 12.1 Å². The topological polar surface area (TPSA) is 102 Å². The molecule has 1 N–H and O–H groups in total. The van der Waals surface area contributed by atoms with Gasteiger partial charge in [0.05, 0.1) is 31.4 Å². The second-order valence-corrected chi connectivity index (χ2v) is 7.38. The van der Waals surface area contributed by atoms with Crippen molar-refractivity contribution < 1.29 is 28.7 Å². The second-order valence-electron chi connectivity index (χ2n) is 6.32. The first-order chi connectivity index (χ1) is 14.4.